The Morgan fingerprint density at radius 3 is 2.70 bits per heavy atom. The molecule has 0 saturated carbocycles. The van der Waals surface area contributed by atoms with E-state index < -0.39 is 12.2 Å². The van der Waals surface area contributed by atoms with Gasteiger partial charge in [-0.2, -0.15) is 0 Å². The second-order valence-corrected chi connectivity index (χ2v) is 6.54. The molecule has 0 fully saturated rings. The van der Waals surface area contributed by atoms with Crippen LogP contribution in [0.25, 0.3) is 0 Å². The predicted octanol–water partition coefficient (Wildman–Crippen LogP) is 2.35. The summed E-state index contributed by atoms with van der Waals surface area (Å²) >= 11 is 0. The fraction of sp³-hybridized carbons (Fsp3) is 0.579. The van der Waals surface area contributed by atoms with Gasteiger partial charge in [0.1, 0.15) is 18.5 Å². The fourth-order valence-corrected chi connectivity index (χ4v) is 2.77. The normalized spacial score (nSPS) is 13.6. The van der Waals surface area contributed by atoms with Crippen molar-refractivity contribution in [1.82, 2.24) is 0 Å². The van der Waals surface area contributed by atoms with E-state index in [2.05, 4.69) is 0 Å². The molecule has 2 N–H and O–H groups in total. The summed E-state index contributed by atoms with van der Waals surface area (Å²) in [6.07, 6.45) is 0.672. The van der Waals surface area contributed by atoms with Crippen LogP contribution in [-0.4, -0.2) is 52.0 Å². The highest BCUT2D eigenvalue weighted by atomic mass is 16.6. The third-order valence-electron chi connectivity index (χ3n) is 4.23. The standard InChI is InChI=1S/C19H27NO7/c1-12(2)17(27-19(20)22)11-26-15-9-16(24-7-4-6-23-3)18-13(5-8-25-18)14(15)10-21/h9-10,12,17H,4-8,11H2,1-3H3,(H2,20,22)/t17-/m0/s1. The molecule has 2 rings (SSSR count). The molecule has 1 aliphatic heterocycles. The molecule has 1 aliphatic rings. The van der Waals surface area contributed by atoms with Crippen LogP contribution in [0.1, 0.15) is 36.2 Å². The number of nitrogens with two attached hydrogens (primary N) is 1. The maximum Gasteiger partial charge on any atom is 0.404 e. The minimum Gasteiger partial charge on any atom is -0.489 e. The first-order valence-electron chi connectivity index (χ1n) is 8.96. The highest BCUT2D eigenvalue weighted by molar-refractivity contribution is 5.85. The second kappa shape index (κ2) is 10.0. The molecule has 1 amide bonds. The summed E-state index contributed by atoms with van der Waals surface area (Å²) in [6.45, 7) is 5.36. The number of hydrogen-bond acceptors (Lipinski definition) is 7. The molecule has 8 nitrogen and oxygen atoms in total. The van der Waals surface area contributed by atoms with Crippen molar-refractivity contribution in [2.45, 2.75) is 32.8 Å². The number of fused-ring (bicyclic) bond motifs is 1. The molecular formula is C19H27NO7. The molecule has 150 valence electrons. The van der Waals surface area contributed by atoms with Gasteiger partial charge in [0, 0.05) is 38.2 Å². The average molecular weight is 381 g/mol. The Morgan fingerprint density at radius 1 is 1.30 bits per heavy atom. The van der Waals surface area contributed by atoms with Gasteiger partial charge >= 0.3 is 6.09 Å². The van der Waals surface area contributed by atoms with E-state index in [1.807, 2.05) is 13.8 Å². The number of carbonyl (C=O) groups is 2. The SMILES string of the molecule is COCCCOc1cc(OC[C@H](OC(N)=O)C(C)C)c(C=O)c2c1OCC2. The van der Waals surface area contributed by atoms with Gasteiger partial charge in [-0.15, -0.1) is 0 Å². The first-order valence-corrected chi connectivity index (χ1v) is 8.96. The maximum atomic E-state index is 11.7. The molecule has 0 radical (unpaired) electrons. The lowest BCUT2D eigenvalue weighted by Gasteiger charge is -2.22. The number of primary amides is 1. The van der Waals surface area contributed by atoms with Crippen LogP contribution in [0.5, 0.6) is 17.2 Å². The molecular weight excluding hydrogens is 354 g/mol. The van der Waals surface area contributed by atoms with Crippen molar-refractivity contribution in [2.24, 2.45) is 11.7 Å². The molecule has 0 aromatic heterocycles. The maximum absolute atomic E-state index is 11.7. The number of hydrogen-bond donors (Lipinski definition) is 1. The van der Waals surface area contributed by atoms with Crippen LogP contribution in [0.4, 0.5) is 4.79 Å². The molecule has 0 spiro atoms. The van der Waals surface area contributed by atoms with Gasteiger partial charge in [-0.05, 0) is 5.92 Å². The minimum absolute atomic E-state index is 0.000272. The van der Waals surface area contributed by atoms with Gasteiger partial charge in [0.2, 0.25) is 0 Å². The molecule has 0 aliphatic carbocycles. The minimum atomic E-state index is -0.863. The smallest absolute Gasteiger partial charge is 0.404 e. The monoisotopic (exact) mass is 381 g/mol. The van der Waals surface area contributed by atoms with Crippen molar-refractivity contribution >= 4 is 12.4 Å². The quantitative estimate of drug-likeness (QED) is 0.463. The number of amides is 1. The molecule has 0 saturated heterocycles. The van der Waals surface area contributed by atoms with E-state index in [0.717, 1.165) is 18.3 Å². The van der Waals surface area contributed by atoms with Gasteiger partial charge in [-0.25, -0.2) is 4.79 Å². The Labute approximate surface area is 158 Å². The lowest BCUT2D eigenvalue weighted by atomic mass is 10.0. The van der Waals surface area contributed by atoms with E-state index in [-0.39, 0.29) is 12.5 Å². The highest BCUT2D eigenvalue weighted by Gasteiger charge is 2.26. The Morgan fingerprint density at radius 2 is 2.07 bits per heavy atom. The predicted molar refractivity (Wildman–Crippen MR) is 97.8 cm³/mol. The summed E-state index contributed by atoms with van der Waals surface area (Å²) in [5, 5.41) is 0. The van der Waals surface area contributed by atoms with E-state index in [1.54, 1.807) is 13.2 Å². The van der Waals surface area contributed by atoms with E-state index >= 15 is 0 Å². The van der Waals surface area contributed by atoms with E-state index in [9.17, 15) is 9.59 Å². The summed E-state index contributed by atoms with van der Waals surface area (Å²) in [6, 6.07) is 1.64. The zero-order valence-corrected chi connectivity index (χ0v) is 16.0. The summed E-state index contributed by atoms with van der Waals surface area (Å²) < 4.78 is 27.4. The number of ether oxygens (including phenoxy) is 5. The van der Waals surface area contributed by atoms with Crippen molar-refractivity contribution in [3.63, 3.8) is 0 Å². The molecule has 1 heterocycles. The lowest BCUT2D eigenvalue weighted by molar-refractivity contribution is 0.0438. The van der Waals surface area contributed by atoms with Crippen LogP contribution in [0.3, 0.4) is 0 Å². The number of benzene rings is 1. The van der Waals surface area contributed by atoms with E-state index in [4.69, 9.17) is 29.4 Å². The van der Waals surface area contributed by atoms with E-state index in [0.29, 0.717) is 49.1 Å². The molecule has 0 bridgehead atoms. The van der Waals surface area contributed by atoms with Crippen molar-refractivity contribution in [1.29, 1.82) is 0 Å². The Balaban J connectivity index is 2.21. The zero-order valence-electron chi connectivity index (χ0n) is 16.0. The van der Waals surface area contributed by atoms with Gasteiger partial charge < -0.3 is 29.4 Å². The Bertz CT molecular complexity index is 660. The number of rotatable bonds is 11. The van der Waals surface area contributed by atoms with Crippen LogP contribution >= 0.6 is 0 Å². The molecule has 1 aromatic carbocycles. The van der Waals surface area contributed by atoms with Crippen molar-refractivity contribution in [3.05, 3.63) is 17.2 Å². The molecule has 27 heavy (non-hydrogen) atoms. The van der Waals surface area contributed by atoms with Gasteiger partial charge in [-0.3, -0.25) is 4.79 Å². The van der Waals surface area contributed by atoms with Crippen LogP contribution in [0.2, 0.25) is 0 Å². The van der Waals surface area contributed by atoms with E-state index in [1.165, 1.54) is 0 Å². The summed E-state index contributed by atoms with van der Waals surface area (Å²) in [5.41, 5.74) is 6.30. The molecule has 0 unspecified atom stereocenters. The number of aldehydes is 1. The first kappa shape index (κ1) is 20.8. The summed E-state index contributed by atoms with van der Waals surface area (Å²) in [4.78, 5) is 22.7. The van der Waals surface area contributed by atoms with Gasteiger partial charge in [0.15, 0.2) is 17.8 Å². The van der Waals surface area contributed by atoms with Crippen LogP contribution in [0.15, 0.2) is 6.07 Å². The van der Waals surface area contributed by atoms with Crippen LogP contribution in [-0.2, 0) is 15.9 Å². The number of carbonyl (C=O) groups excluding carboxylic acids is 2. The Kier molecular flexibility index (Phi) is 7.72. The summed E-state index contributed by atoms with van der Waals surface area (Å²) in [5.74, 6) is 1.47. The lowest BCUT2D eigenvalue weighted by Crippen LogP contribution is -2.32. The number of methoxy groups -OCH3 is 1. The van der Waals surface area contributed by atoms with Gasteiger partial charge in [-0.1, -0.05) is 13.8 Å². The fourth-order valence-electron chi connectivity index (χ4n) is 2.77. The van der Waals surface area contributed by atoms with Crippen LogP contribution < -0.4 is 19.9 Å². The average Bonchev–Trinajstić information content (AvgIpc) is 3.11. The summed E-state index contributed by atoms with van der Waals surface area (Å²) in [7, 11) is 1.63. The van der Waals surface area contributed by atoms with Crippen molar-refractivity contribution in [3.8, 4) is 17.2 Å². The zero-order chi connectivity index (χ0) is 19.8. The second-order valence-electron chi connectivity index (χ2n) is 6.54. The van der Waals surface area contributed by atoms with Crippen LogP contribution in [0, 0.1) is 5.92 Å². The largest absolute Gasteiger partial charge is 0.489 e. The molecule has 8 heteroatoms. The van der Waals surface area contributed by atoms with Crippen molar-refractivity contribution < 1.29 is 33.3 Å². The van der Waals surface area contributed by atoms with Gasteiger partial charge in [0.05, 0.1) is 18.8 Å². The third-order valence-corrected chi connectivity index (χ3v) is 4.23. The Hall–Kier alpha value is -2.48. The first-order chi connectivity index (χ1) is 13.0. The topological polar surface area (TPSA) is 106 Å². The van der Waals surface area contributed by atoms with Crippen molar-refractivity contribution in [2.75, 3.05) is 33.5 Å². The highest BCUT2D eigenvalue weighted by Crippen LogP contribution is 2.42. The molecule has 1 aromatic rings. The molecule has 1 atom stereocenters. The third kappa shape index (κ3) is 5.50. The van der Waals surface area contributed by atoms with Gasteiger partial charge in [0.25, 0.3) is 0 Å².